The molecule has 0 bridgehead atoms. The predicted octanol–water partition coefficient (Wildman–Crippen LogP) is 5.10. The highest BCUT2D eigenvalue weighted by Crippen LogP contribution is 2.27. The van der Waals surface area contributed by atoms with Crippen LogP contribution in [-0.2, 0) is 14.8 Å². The molecule has 0 saturated heterocycles. The maximum absolute atomic E-state index is 13.4. The molecule has 30 heavy (non-hydrogen) atoms. The number of rotatable bonds is 6. The molecular weight excluding hydrogens is 420 g/mol. The van der Waals surface area contributed by atoms with E-state index in [1.807, 2.05) is 45.0 Å². The fourth-order valence-electron chi connectivity index (χ4n) is 3.08. The molecular formula is C23H23ClN2O3S. The van der Waals surface area contributed by atoms with Gasteiger partial charge in [-0.2, -0.15) is 0 Å². The van der Waals surface area contributed by atoms with Crippen molar-refractivity contribution in [2.24, 2.45) is 0 Å². The normalized spacial score (nSPS) is 11.2. The minimum absolute atomic E-state index is 0.0645. The molecule has 0 radical (unpaired) electrons. The van der Waals surface area contributed by atoms with Crippen LogP contribution in [0.25, 0.3) is 0 Å². The number of carbonyl (C=O) groups excluding carboxylic acids is 1. The number of nitrogens with zero attached hydrogens (tertiary/aromatic N) is 1. The lowest BCUT2D eigenvalue weighted by molar-refractivity contribution is -0.114. The number of hydrogen-bond acceptors (Lipinski definition) is 3. The summed E-state index contributed by atoms with van der Waals surface area (Å²) >= 11 is 5.91. The molecule has 0 aliphatic rings. The van der Waals surface area contributed by atoms with Gasteiger partial charge in [-0.25, -0.2) is 8.42 Å². The Hall–Kier alpha value is -2.83. The quantitative estimate of drug-likeness (QED) is 0.577. The lowest BCUT2D eigenvalue weighted by Gasteiger charge is -2.26. The van der Waals surface area contributed by atoms with Gasteiger partial charge in [0, 0.05) is 10.7 Å². The lowest BCUT2D eigenvalue weighted by Crippen LogP contribution is -2.38. The van der Waals surface area contributed by atoms with Crippen LogP contribution in [-0.4, -0.2) is 20.9 Å². The first kappa shape index (κ1) is 21.9. The van der Waals surface area contributed by atoms with Gasteiger partial charge in [-0.05, 0) is 73.9 Å². The van der Waals surface area contributed by atoms with E-state index in [-0.39, 0.29) is 11.4 Å². The SMILES string of the molecule is Cc1ccccc1N(CC(=O)Nc1cccc(C)c1C)S(=O)(=O)c1ccc(Cl)cc1. The summed E-state index contributed by atoms with van der Waals surface area (Å²) in [4.78, 5) is 12.9. The Labute approximate surface area is 182 Å². The van der Waals surface area contributed by atoms with Gasteiger partial charge in [0.1, 0.15) is 6.54 Å². The van der Waals surface area contributed by atoms with Gasteiger partial charge in [0.15, 0.2) is 0 Å². The van der Waals surface area contributed by atoms with Crippen molar-refractivity contribution in [1.29, 1.82) is 0 Å². The van der Waals surface area contributed by atoms with E-state index in [9.17, 15) is 13.2 Å². The smallest absolute Gasteiger partial charge is 0.264 e. The van der Waals surface area contributed by atoms with Crippen LogP contribution < -0.4 is 9.62 Å². The molecule has 0 fully saturated rings. The van der Waals surface area contributed by atoms with Crippen molar-refractivity contribution in [2.45, 2.75) is 25.7 Å². The fraction of sp³-hybridized carbons (Fsp3) is 0.174. The van der Waals surface area contributed by atoms with Crippen molar-refractivity contribution in [3.05, 3.63) is 88.4 Å². The molecule has 3 aromatic rings. The number of nitrogens with one attached hydrogen (secondary N) is 1. The highest BCUT2D eigenvalue weighted by molar-refractivity contribution is 7.92. The average molecular weight is 443 g/mol. The summed E-state index contributed by atoms with van der Waals surface area (Å²) in [5, 5.41) is 3.27. The van der Waals surface area contributed by atoms with Gasteiger partial charge in [0.05, 0.1) is 10.6 Å². The summed E-state index contributed by atoms with van der Waals surface area (Å²) in [5.74, 6) is -0.426. The van der Waals surface area contributed by atoms with Crippen LogP contribution in [0, 0.1) is 20.8 Å². The van der Waals surface area contributed by atoms with Crippen molar-refractivity contribution in [2.75, 3.05) is 16.2 Å². The monoisotopic (exact) mass is 442 g/mol. The van der Waals surface area contributed by atoms with Crippen molar-refractivity contribution in [3.8, 4) is 0 Å². The zero-order chi connectivity index (χ0) is 21.9. The molecule has 0 saturated carbocycles. The first-order valence-corrected chi connectivity index (χ1v) is 11.2. The molecule has 1 N–H and O–H groups in total. The predicted molar refractivity (Wildman–Crippen MR) is 122 cm³/mol. The molecule has 5 nitrogen and oxygen atoms in total. The summed E-state index contributed by atoms with van der Waals surface area (Å²) in [7, 11) is -3.99. The minimum Gasteiger partial charge on any atom is -0.324 e. The van der Waals surface area contributed by atoms with E-state index in [0.717, 1.165) is 21.0 Å². The summed E-state index contributed by atoms with van der Waals surface area (Å²) in [6.45, 7) is 5.32. The third-order valence-electron chi connectivity index (χ3n) is 4.95. The first-order valence-electron chi connectivity index (χ1n) is 9.40. The van der Waals surface area contributed by atoms with Gasteiger partial charge in [-0.15, -0.1) is 0 Å². The van der Waals surface area contributed by atoms with E-state index < -0.39 is 15.9 Å². The van der Waals surface area contributed by atoms with Gasteiger partial charge >= 0.3 is 0 Å². The van der Waals surface area contributed by atoms with E-state index in [4.69, 9.17) is 11.6 Å². The number of benzene rings is 3. The van der Waals surface area contributed by atoms with E-state index in [0.29, 0.717) is 16.4 Å². The Morgan fingerprint density at radius 3 is 2.20 bits per heavy atom. The van der Waals surface area contributed by atoms with Crippen LogP contribution in [0.5, 0.6) is 0 Å². The zero-order valence-electron chi connectivity index (χ0n) is 17.0. The highest BCUT2D eigenvalue weighted by Gasteiger charge is 2.28. The molecule has 3 aromatic carbocycles. The Morgan fingerprint density at radius 1 is 0.900 bits per heavy atom. The van der Waals surface area contributed by atoms with Crippen LogP contribution in [0.15, 0.2) is 71.6 Å². The van der Waals surface area contributed by atoms with E-state index in [2.05, 4.69) is 5.32 Å². The number of halogens is 1. The largest absolute Gasteiger partial charge is 0.324 e. The lowest BCUT2D eigenvalue weighted by atomic mass is 10.1. The molecule has 0 unspecified atom stereocenters. The van der Waals surface area contributed by atoms with Gasteiger partial charge in [-0.3, -0.25) is 9.10 Å². The van der Waals surface area contributed by atoms with E-state index in [1.165, 1.54) is 24.3 Å². The first-order chi connectivity index (χ1) is 14.2. The second-order valence-electron chi connectivity index (χ2n) is 7.05. The number of aryl methyl sites for hydroxylation is 2. The maximum Gasteiger partial charge on any atom is 0.264 e. The summed E-state index contributed by atoms with van der Waals surface area (Å²) in [6.07, 6.45) is 0. The number of amides is 1. The maximum atomic E-state index is 13.4. The Bertz CT molecular complexity index is 1180. The third-order valence-corrected chi connectivity index (χ3v) is 6.98. The van der Waals surface area contributed by atoms with E-state index in [1.54, 1.807) is 18.2 Å². The van der Waals surface area contributed by atoms with Crippen LogP contribution in [0.1, 0.15) is 16.7 Å². The number of carbonyl (C=O) groups is 1. The van der Waals surface area contributed by atoms with Crippen molar-refractivity contribution in [1.82, 2.24) is 0 Å². The summed E-state index contributed by atoms with van der Waals surface area (Å²) in [6, 6.07) is 18.6. The van der Waals surface area contributed by atoms with Gasteiger partial charge in [-0.1, -0.05) is 41.9 Å². The average Bonchev–Trinajstić information content (AvgIpc) is 2.70. The second kappa shape index (κ2) is 8.90. The number of para-hydroxylation sites is 1. The molecule has 7 heteroatoms. The van der Waals surface area contributed by atoms with Gasteiger partial charge in [0.2, 0.25) is 5.91 Å². The van der Waals surface area contributed by atoms with Crippen LogP contribution in [0.2, 0.25) is 5.02 Å². The van der Waals surface area contributed by atoms with Crippen molar-refractivity contribution >= 4 is 38.9 Å². The molecule has 0 heterocycles. The minimum atomic E-state index is -3.99. The van der Waals surface area contributed by atoms with Crippen molar-refractivity contribution < 1.29 is 13.2 Å². The Kier molecular flexibility index (Phi) is 6.48. The number of sulfonamides is 1. The van der Waals surface area contributed by atoms with E-state index >= 15 is 0 Å². The topological polar surface area (TPSA) is 66.5 Å². The molecule has 1 amide bonds. The molecule has 0 atom stereocenters. The molecule has 156 valence electrons. The van der Waals surface area contributed by atoms with Crippen LogP contribution in [0.4, 0.5) is 11.4 Å². The molecule has 0 aliphatic carbocycles. The summed E-state index contributed by atoms with van der Waals surface area (Å²) in [5.41, 5.74) is 3.83. The van der Waals surface area contributed by atoms with Crippen LogP contribution >= 0.6 is 11.6 Å². The fourth-order valence-corrected chi connectivity index (χ4v) is 4.69. The standard InChI is InChI=1S/C23H23ClN2O3S/c1-16-8-6-9-21(18(16)3)25-23(27)15-26(22-10-5-4-7-17(22)2)30(28,29)20-13-11-19(24)12-14-20/h4-14H,15H2,1-3H3,(H,25,27). The van der Waals surface area contributed by atoms with Crippen LogP contribution in [0.3, 0.4) is 0 Å². The molecule has 0 aromatic heterocycles. The molecule has 0 spiro atoms. The van der Waals surface area contributed by atoms with Gasteiger partial charge < -0.3 is 5.32 Å². The summed E-state index contributed by atoms with van der Waals surface area (Å²) < 4.78 is 27.9. The van der Waals surface area contributed by atoms with Crippen molar-refractivity contribution in [3.63, 3.8) is 0 Å². The highest BCUT2D eigenvalue weighted by atomic mass is 35.5. The Morgan fingerprint density at radius 2 is 1.53 bits per heavy atom. The Balaban J connectivity index is 1.98. The second-order valence-corrected chi connectivity index (χ2v) is 9.35. The molecule has 3 rings (SSSR count). The number of hydrogen-bond donors (Lipinski definition) is 1. The zero-order valence-corrected chi connectivity index (χ0v) is 18.6. The number of anilines is 2. The third kappa shape index (κ3) is 4.66. The molecule has 0 aliphatic heterocycles. The van der Waals surface area contributed by atoms with Gasteiger partial charge in [0.25, 0.3) is 10.0 Å².